The van der Waals surface area contributed by atoms with Crippen molar-refractivity contribution in [1.82, 2.24) is 9.55 Å². The molecule has 1 amide bonds. The number of aromatic nitrogens is 2. The van der Waals surface area contributed by atoms with Gasteiger partial charge in [0.25, 0.3) is 11.5 Å². The number of carbonyl (C=O) groups excluding carboxylic acids is 1. The first-order valence-corrected chi connectivity index (χ1v) is 10.4. The van der Waals surface area contributed by atoms with Gasteiger partial charge in [-0.25, -0.2) is 4.98 Å². The van der Waals surface area contributed by atoms with Gasteiger partial charge < -0.3 is 9.64 Å². The molecule has 6 nitrogen and oxygen atoms in total. The van der Waals surface area contributed by atoms with Gasteiger partial charge in [0.05, 0.1) is 35.0 Å². The summed E-state index contributed by atoms with van der Waals surface area (Å²) < 4.78 is 6.80. The van der Waals surface area contributed by atoms with Gasteiger partial charge >= 0.3 is 0 Å². The molecule has 0 saturated carbocycles. The number of fused-ring (bicyclic) bond motifs is 2. The van der Waals surface area contributed by atoms with Crippen molar-refractivity contribution in [3.63, 3.8) is 0 Å². The monoisotopic (exact) mass is 423 g/mol. The third-order valence-corrected chi connectivity index (χ3v) is 5.68. The standard InChI is InChI=1S/C26H21N3O3/c1-3-28-23-11-7-5-8-19(23)21(25(28)30)16-24-27-22-10-6-4-9-20(22)26(31)29(24)17-12-14-18(32-2)15-13-17/h4-16H,3H2,1-2H3/b21-16+. The Labute approximate surface area is 185 Å². The summed E-state index contributed by atoms with van der Waals surface area (Å²) in [6.45, 7) is 2.50. The third-order valence-electron chi connectivity index (χ3n) is 5.68. The van der Waals surface area contributed by atoms with Crippen LogP contribution in [0.2, 0.25) is 0 Å². The van der Waals surface area contributed by atoms with Crippen LogP contribution in [0, 0.1) is 0 Å². The molecule has 3 aromatic carbocycles. The van der Waals surface area contributed by atoms with Gasteiger partial charge in [-0.2, -0.15) is 0 Å². The molecule has 1 aliphatic rings. The number of carbonyl (C=O) groups is 1. The van der Waals surface area contributed by atoms with E-state index in [1.165, 1.54) is 0 Å². The summed E-state index contributed by atoms with van der Waals surface area (Å²) in [5.74, 6) is 0.987. The number of ether oxygens (including phenoxy) is 1. The Morgan fingerprint density at radius 3 is 2.41 bits per heavy atom. The van der Waals surface area contributed by atoms with Crippen molar-refractivity contribution in [1.29, 1.82) is 0 Å². The van der Waals surface area contributed by atoms with Gasteiger partial charge in [-0.1, -0.05) is 30.3 Å². The topological polar surface area (TPSA) is 64.4 Å². The molecule has 4 aromatic rings. The van der Waals surface area contributed by atoms with Gasteiger partial charge in [-0.3, -0.25) is 14.2 Å². The van der Waals surface area contributed by atoms with Crippen LogP contribution < -0.4 is 15.2 Å². The van der Waals surface area contributed by atoms with Crippen molar-refractivity contribution in [2.24, 2.45) is 0 Å². The molecule has 0 N–H and O–H groups in total. The molecule has 2 heterocycles. The molecule has 0 saturated heterocycles. The lowest BCUT2D eigenvalue weighted by Crippen LogP contribution is -2.26. The fourth-order valence-corrected chi connectivity index (χ4v) is 4.12. The molecular weight excluding hydrogens is 402 g/mol. The summed E-state index contributed by atoms with van der Waals surface area (Å²) in [7, 11) is 1.59. The van der Waals surface area contributed by atoms with Gasteiger partial charge in [-0.05, 0) is 55.5 Å². The lowest BCUT2D eigenvalue weighted by molar-refractivity contribution is -0.112. The summed E-state index contributed by atoms with van der Waals surface area (Å²) in [5, 5.41) is 0.513. The van der Waals surface area contributed by atoms with Gasteiger partial charge in [-0.15, -0.1) is 0 Å². The Bertz CT molecular complexity index is 1440. The first kappa shape index (κ1) is 19.8. The van der Waals surface area contributed by atoms with E-state index >= 15 is 0 Å². The second kappa shape index (κ2) is 7.81. The van der Waals surface area contributed by atoms with Crippen LogP contribution in [0.3, 0.4) is 0 Å². The normalized spacial score (nSPS) is 14.2. The van der Waals surface area contributed by atoms with E-state index in [1.807, 2.05) is 55.5 Å². The fourth-order valence-electron chi connectivity index (χ4n) is 4.12. The molecule has 0 unspecified atom stereocenters. The first-order chi connectivity index (χ1) is 15.6. The number of benzene rings is 3. The predicted molar refractivity (Wildman–Crippen MR) is 126 cm³/mol. The van der Waals surface area contributed by atoms with Crippen molar-refractivity contribution in [3.05, 3.63) is 94.5 Å². The maximum Gasteiger partial charge on any atom is 0.266 e. The maximum absolute atomic E-state index is 13.5. The van der Waals surface area contributed by atoms with Crippen molar-refractivity contribution in [2.45, 2.75) is 6.92 Å². The Balaban J connectivity index is 1.79. The lowest BCUT2D eigenvalue weighted by atomic mass is 10.1. The van der Waals surface area contributed by atoms with Crippen LogP contribution in [0.5, 0.6) is 5.75 Å². The number of likely N-dealkylation sites (N-methyl/N-ethyl adjacent to an activating group) is 1. The van der Waals surface area contributed by atoms with E-state index < -0.39 is 0 Å². The molecule has 32 heavy (non-hydrogen) atoms. The van der Waals surface area contributed by atoms with Gasteiger partial charge in [0.2, 0.25) is 0 Å². The van der Waals surface area contributed by atoms with Crippen LogP contribution in [0.15, 0.2) is 77.6 Å². The molecule has 1 aliphatic heterocycles. The number of hydrogen-bond donors (Lipinski definition) is 0. The van der Waals surface area contributed by atoms with Crippen molar-refractivity contribution >= 4 is 34.1 Å². The molecule has 0 atom stereocenters. The Morgan fingerprint density at radius 1 is 0.938 bits per heavy atom. The maximum atomic E-state index is 13.5. The van der Waals surface area contributed by atoms with E-state index in [1.54, 1.807) is 46.9 Å². The minimum atomic E-state index is -0.196. The van der Waals surface area contributed by atoms with E-state index in [4.69, 9.17) is 9.72 Å². The molecule has 0 radical (unpaired) electrons. The molecule has 1 aromatic heterocycles. The van der Waals surface area contributed by atoms with Gasteiger partial charge in [0.1, 0.15) is 11.6 Å². The number of para-hydroxylation sites is 2. The number of rotatable bonds is 4. The molecule has 0 fully saturated rings. The average Bonchev–Trinajstić information content (AvgIpc) is 3.10. The molecule has 0 bridgehead atoms. The molecule has 5 rings (SSSR count). The zero-order chi connectivity index (χ0) is 22.2. The van der Waals surface area contributed by atoms with E-state index in [0.717, 1.165) is 11.3 Å². The summed E-state index contributed by atoms with van der Waals surface area (Å²) in [5.41, 5.74) is 3.26. The summed E-state index contributed by atoms with van der Waals surface area (Å²) >= 11 is 0. The summed E-state index contributed by atoms with van der Waals surface area (Å²) in [4.78, 5) is 33.2. The van der Waals surface area contributed by atoms with Crippen LogP contribution >= 0.6 is 0 Å². The second-order valence-electron chi connectivity index (χ2n) is 7.45. The highest BCUT2D eigenvalue weighted by molar-refractivity contribution is 6.35. The molecule has 158 valence electrons. The highest BCUT2D eigenvalue weighted by atomic mass is 16.5. The van der Waals surface area contributed by atoms with Gasteiger partial charge in [0, 0.05) is 12.1 Å². The largest absolute Gasteiger partial charge is 0.497 e. The zero-order valence-corrected chi connectivity index (χ0v) is 17.8. The fraction of sp³-hybridized carbons (Fsp3) is 0.115. The van der Waals surface area contributed by atoms with Crippen LogP contribution in [0.1, 0.15) is 18.3 Å². The minimum Gasteiger partial charge on any atom is -0.497 e. The predicted octanol–water partition coefficient (Wildman–Crippen LogP) is 4.30. The molecule has 0 spiro atoms. The van der Waals surface area contributed by atoms with Crippen molar-refractivity contribution < 1.29 is 9.53 Å². The van der Waals surface area contributed by atoms with E-state index in [9.17, 15) is 9.59 Å². The SMILES string of the molecule is CCN1C(=O)/C(=C/c2nc3ccccc3c(=O)n2-c2ccc(OC)cc2)c2ccccc21. The Hall–Kier alpha value is -4.19. The minimum absolute atomic E-state index is 0.0996. The number of nitrogens with zero attached hydrogens (tertiary/aromatic N) is 3. The number of anilines is 1. The van der Waals surface area contributed by atoms with Crippen LogP contribution in [-0.4, -0.2) is 29.1 Å². The quantitative estimate of drug-likeness (QED) is 0.459. The van der Waals surface area contributed by atoms with Crippen LogP contribution in [0.25, 0.3) is 28.2 Å². The number of amides is 1. The highest BCUT2D eigenvalue weighted by Crippen LogP contribution is 2.37. The van der Waals surface area contributed by atoms with Crippen molar-refractivity contribution in [2.75, 3.05) is 18.6 Å². The third kappa shape index (κ3) is 3.08. The lowest BCUT2D eigenvalue weighted by Gasteiger charge is -2.14. The van der Waals surface area contributed by atoms with E-state index in [0.29, 0.717) is 40.3 Å². The Morgan fingerprint density at radius 2 is 1.66 bits per heavy atom. The highest BCUT2D eigenvalue weighted by Gasteiger charge is 2.31. The average molecular weight is 423 g/mol. The first-order valence-electron chi connectivity index (χ1n) is 10.4. The van der Waals surface area contributed by atoms with Gasteiger partial charge in [0.15, 0.2) is 0 Å². The van der Waals surface area contributed by atoms with Crippen LogP contribution in [0.4, 0.5) is 5.69 Å². The molecule has 6 heteroatoms. The summed E-state index contributed by atoms with van der Waals surface area (Å²) in [6, 6.07) is 22.1. The van der Waals surface area contributed by atoms with Crippen molar-refractivity contribution in [3.8, 4) is 11.4 Å². The second-order valence-corrected chi connectivity index (χ2v) is 7.45. The summed E-state index contributed by atoms with van der Waals surface area (Å²) in [6.07, 6.45) is 1.72. The molecule has 0 aliphatic carbocycles. The smallest absolute Gasteiger partial charge is 0.266 e. The van der Waals surface area contributed by atoms with E-state index in [2.05, 4.69) is 0 Å². The zero-order valence-electron chi connectivity index (χ0n) is 17.8. The van der Waals surface area contributed by atoms with E-state index in [-0.39, 0.29) is 11.5 Å². The number of hydrogen-bond acceptors (Lipinski definition) is 4. The van der Waals surface area contributed by atoms with Crippen LogP contribution in [-0.2, 0) is 4.79 Å². The Kier molecular flexibility index (Phi) is 4.82. The molecular formula is C26H21N3O3. The number of methoxy groups -OCH3 is 1.